The number of primary amides is 1. The highest BCUT2D eigenvalue weighted by Crippen LogP contribution is 2.25. The van der Waals surface area contributed by atoms with Crippen molar-refractivity contribution in [1.82, 2.24) is 5.32 Å². The second-order valence-electron chi connectivity index (χ2n) is 6.07. The van der Waals surface area contributed by atoms with Gasteiger partial charge in [0, 0.05) is 25.3 Å². The number of aryl methyl sites for hydroxylation is 1. The molecule has 0 spiro atoms. The number of rotatable bonds is 7. The first-order chi connectivity index (χ1) is 9.42. The number of hydrogen-bond acceptors (Lipinski definition) is 3. The minimum absolute atomic E-state index is 0.261. The largest absolute Gasteiger partial charge is 0.374 e. The van der Waals surface area contributed by atoms with Crippen LogP contribution in [0.25, 0.3) is 0 Å². The lowest BCUT2D eigenvalue weighted by molar-refractivity contribution is -0.124. The molecule has 0 saturated heterocycles. The molecule has 4 nitrogen and oxygen atoms in total. The molecule has 1 unspecified atom stereocenters. The Bertz CT molecular complexity index is 484. The maximum atomic E-state index is 11.7. The molecule has 110 valence electrons. The van der Waals surface area contributed by atoms with Gasteiger partial charge in [0.2, 0.25) is 5.91 Å². The third kappa shape index (κ3) is 3.51. The highest BCUT2D eigenvalue weighted by atomic mass is 16.1. The minimum Gasteiger partial charge on any atom is -0.374 e. The van der Waals surface area contributed by atoms with E-state index >= 15 is 0 Å². The van der Waals surface area contributed by atoms with Crippen molar-refractivity contribution in [1.29, 1.82) is 0 Å². The van der Waals surface area contributed by atoms with Crippen LogP contribution in [0.2, 0.25) is 0 Å². The summed E-state index contributed by atoms with van der Waals surface area (Å²) in [6.07, 6.45) is 3.01. The Kier molecular flexibility index (Phi) is 4.33. The van der Waals surface area contributed by atoms with E-state index in [-0.39, 0.29) is 5.91 Å². The van der Waals surface area contributed by atoms with E-state index in [1.165, 1.54) is 11.3 Å². The maximum Gasteiger partial charge on any atom is 0.237 e. The molecule has 1 amide bonds. The van der Waals surface area contributed by atoms with Crippen molar-refractivity contribution in [2.45, 2.75) is 44.7 Å². The second kappa shape index (κ2) is 5.83. The molecule has 2 rings (SSSR count). The van der Waals surface area contributed by atoms with Gasteiger partial charge in [0.15, 0.2) is 0 Å². The molecule has 1 aromatic carbocycles. The Balaban J connectivity index is 1.98. The fourth-order valence-electron chi connectivity index (χ4n) is 2.45. The van der Waals surface area contributed by atoms with Gasteiger partial charge < -0.3 is 16.0 Å². The van der Waals surface area contributed by atoms with Gasteiger partial charge in [0.05, 0.1) is 5.54 Å². The van der Waals surface area contributed by atoms with Gasteiger partial charge in [-0.05, 0) is 44.7 Å². The highest BCUT2D eigenvalue weighted by Gasteiger charge is 2.36. The number of hydrogen-bond donors (Lipinski definition) is 2. The summed E-state index contributed by atoms with van der Waals surface area (Å²) in [4.78, 5) is 13.9. The number of carbonyl (C=O) groups is 1. The van der Waals surface area contributed by atoms with E-state index in [4.69, 9.17) is 5.73 Å². The number of nitrogens with one attached hydrogen (secondary N) is 1. The lowest BCUT2D eigenvalue weighted by atomic mass is 9.96. The molecule has 0 aliphatic heterocycles. The van der Waals surface area contributed by atoms with Crippen LogP contribution in [0.4, 0.5) is 5.69 Å². The van der Waals surface area contributed by atoms with Crippen LogP contribution < -0.4 is 16.0 Å². The van der Waals surface area contributed by atoms with Crippen molar-refractivity contribution < 1.29 is 4.79 Å². The third-order valence-electron chi connectivity index (χ3n) is 4.12. The first-order valence-corrected chi connectivity index (χ1v) is 7.27. The zero-order valence-electron chi connectivity index (χ0n) is 12.6. The van der Waals surface area contributed by atoms with E-state index in [2.05, 4.69) is 36.3 Å². The van der Waals surface area contributed by atoms with Crippen molar-refractivity contribution in [3.05, 3.63) is 29.8 Å². The van der Waals surface area contributed by atoms with Crippen LogP contribution >= 0.6 is 0 Å². The van der Waals surface area contributed by atoms with Crippen LogP contribution in [-0.2, 0) is 4.79 Å². The number of benzene rings is 1. The van der Waals surface area contributed by atoms with Crippen LogP contribution in [0, 0.1) is 6.92 Å². The summed E-state index contributed by atoms with van der Waals surface area (Å²) in [5.41, 5.74) is 7.41. The molecule has 0 bridgehead atoms. The van der Waals surface area contributed by atoms with Crippen molar-refractivity contribution in [2.24, 2.45) is 5.73 Å². The monoisotopic (exact) mass is 275 g/mol. The standard InChI is InChI=1S/C16H25N3O/c1-12-6-4-5-7-14(12)19(3)11-10-16(2,15(17)20)18-13-8-9-13/h4-7,13,18H,8-11H2,1-3H3,(H2,17,20). The van der Waals surface area contributed by atoms with E-state index in [0.29, 0.717) is 12.5 Å². The predicted molar refractivity (Wildman–Crippen MR) is 82.8 cm³/mol. The zero-order chi connectivity index (χ0) is 14.8. The lowest BCUT2D eigenvalue weighted by Gasteiger charge is -2.31. The maximum absolute atomic E-state index is 11.7. The fraction of sp³-hybridized carbons (Fsp3) is 0.562. The van der Waals surface area contributed by atoms with Gasteiger partial charge in [-0.25, -0.2) is 0 Å². The molecular weight excluding hydrogens is 250 g/mol. The smallest absolute Gasteiger partial charge is 0.237 e. The van der Waals surface area contributed by atoms with Crippen molar-refractivity contribution >= 4 is 11.6 Å². The van der Waals surface area contributed by atoms with Crippen LogP contribution in [-0.4, -0.2) is 31.1 Å². The zero-order valence-corrected chi connectivity index (χ0v) is 12.6. The Morgan fingerprint density at radius 3 is 2.65 bits per heavy atom. The lowest BCUT2D eigenvalue weighted by Crippen LogP contribution is -2.55. The van der Waals surface area contributed by atoms with Gasteiger partial charge in [-0.15, -0.1) is 0 Å². The number of nitrogens with two attached hydrogens (primary N) is 1. The SMILES string of the molecule is Cc1ccccc1N(C)CCC(C)(NC1CC1)C(N)=O. The second-order valence-corrected chi connectivity index (χ2v) is 6.07. The van der Waals surface area contributed by atoms with E-state index in [1.807, 2.05) is 19.1 Å². The Morgan fingerprint density at radius 2 is 2.10 bits per heavy atom. The van der Waals surface area contributed by atoms with Gasteiger partial charge in [0.25, 0.3) is 0 Å². The number of anilines is 1. The molecule has 0 radical (unpaired) electrons. The molecule has 4 heteroatoms. The van der Waals surface area contributed by atoms with Gasteiger partial charge in [-0.1, -0.05) is 18.2 Å². The molecule has 1 atom stereocenters. The molecule has 1 fully saturated rings. The first kappa shape index (κ1) is 14.9. The summed E-state index contributed by atoms with van der Waals surface area (Å²) in [6.45, 7) is 4.81. The van der Waals surface area contributed by atoms with Gasteiger partial charge in [0.1, 0.15) is 0 Å². The van der Waals surface area contributed by atoms with E-state index in [1.54, 1.807) is 0 Å². The molecule has 20 heavy (non-hydrogen) atoms. The van der Waals surface area contributed by atoms with Crippen LogP contribution in [0.15, 0.2) is 24.3 Å². The summed E-state index contributed by atoms with van der Waals surface area (Å²) >= 11 is 0. The summed E-state index contributed by atoms with van der Waals surface area (Å²) < 4.78 is 0. The van der Waals surface area contributed by atoms with Crippen LogP contribution in [0.5, 0.6) is 0 Å². The Hall–Kier alpha value is -1.55. The third-order valence-corrected chi connectivity index (χ3v) is 4.12. The summed E-state index contributed by atoms with van der Waals surface area (Å²) in [5, 5.41) is 3.39. The molecule has 1 saturated carbocycles. The van der Waals surface area contributed by atoms with E-state index in [9.17, 15) is 4.79 Å². The molecule has 0 aromatic heterocycles. The van der Waals surface area contributed by atoms with Crippen molar-refractivity contribution in [3.63, 3.8) is 0 Å². The van der Waals surface area contributed by atoms with Crippen LogP contribution in [0.3, 0.4) is 0 Å². The number of amides is 1. The average Bonchev–Trinajstić information content (AvgIpc) is 3.20. The average molecular weight is 275 g/mol. The minimum atomic E-state index is -0.613. The predicted octanol–water partition coefficient (Wildman–Crippen LogP) is 1.82. The van der Waals surface area contributed by atoms with E-state index in [0.717, 1.165) is 19.4 Å². The quantitative estimate of drug-likeness (QED) is 0.798. The van der Waals surface area contributed by atoms with Crippen molar-refractivity contribution in [3.8, 4) is 0 Å². The molecule has 1 aromatic rings. The van der Waals surface area contributed by atoms with Gasteiger partial charge in [-0.2, -0.15) is 0 Å². The number of carbonyl (C=O) groups excluding carboxylic acids is 1. The molecule has 0 heterocycles. The van der Waals surface area contributed by atoms with Gasteiger partial charge >= 0.3 is 0 Å². The van der Waals surface area contributed by atoms with E-state index < -0.39 is 5.54 Å². The molecule has 3 N–H and O–H groups in total. The normalized spacial score (nSPS) is 17.6. The molecular formula is C16H25N3O. The topological polar surface area (TPSA) is 58.4 Å². The Morgan fingerprint density at radius 1 is 1.45 bits per heavy atom. The highest BCUT2D eigenvalue weighted by molar-refractivity contribution is 5.84. The summed E-state index contributed by atoms with van der Waals surface area (Å²) in [6, 6.07) is 8.74. The first-order valence-electron chi connectivity index (χ1n) is 7.27. The number of nitrogens with zero attached hydrogens (tertiary/aromatic N) is 1. The Labute approximate surface area is 121 Å². The summed E-state index contributed by atoms with van der Waals surface area (Å²) in [7, 11) is 2.06. The molecule has 1 aliphatic carbocycles. The van der Waals surface area contributed by atoms with Gasteiger partial charge in [-0.3, -0.25) is 4.79 Å². The number of para-hydroxylation sites is 1. The van der Waals surface area contributed by atoms with Crippen LogP contribution in [0.1, 0.15) is 31.7 Å². The summed E-state index contributed by atoms with van der Waals surface area (Å²) in [5.74, 6) is -0.261. The van der Waals surface area contributed by atoms with Crippen molar-refractivity contribution in [2.75, 3.05) is 18.5 Å². The molecule has 1 aliphatic rings. The fourth-order valence-corrected chi connectivity index (χ4v) is 2.45.